The first-order valence-corrected chi connectivity index (χ1v) is 5.47. The molecule has 0 fully saturated rings. The fourth-order valence-electron chi connectivity index (χ4n) is 1.27. The molecule has 0 aliphatic rings. The number of hydrogen-bond donors (Lipinski definition) is 3. The van der Waals surface area contributed by atoms with E-state index >= 15 is 0 Å². The summed E-state index contributed by atoms with van der Waals surface area (Å²) in [4.78, 5) is 30.0. The van der Waals surface area contributed by atoms with Gasteiger partial charge in [0.05, 0.1) is 0 Å². The first-order valence-electron chi connectivity index (χ1n) is 5.09. The van der Waals surface area contributed by atoms with E-state index in [4.69, 9.17) is 21.8 Å². The minimum Gasteiger partial charge on any atom is -0.480 e. The van der Waals surface area contributed by atoms with Gasteiger partial charge in [0.2, 0.25) is 5.28 Å². The molecule has 0 radical (unpaired) electrons. The van der Waals surface area contributed by atoms with Gasteiger partial charge in [0, 0.05) is 18.7 Å². The van der Waals surface area contributed by atoms with Crippen LogP contribution < -0.4 is 5.32 Å². The van der Waals surface area contributed by atoms with Crippen molar-refractivity contribution in [3.05, 3.63) is 22.7 Å². The number of halogens is 1. The van der Waals surface area contributed by atoms with E-state index in [1.807, 2.05) is 0 Å². The van der Waals surface area contributed by atoms with E-state index in [2.05, 4.69) is 15.3 Å². The predicted octanol–water partition coefficient (Wildman–Crippen LogP) is 0.00382. The Balaban J connectivity index is 2.83. The van der Waals surface area contributed by atoms with Gasteiger partial charge >= 0.3 is 5.97 Å². The van der Waals surface area contributed by atoms with Crippen molar-refractivity contribution in [2.24, 2.45) is 0 Å². The van der Waals surface area contributed by atoms with Crippen LogP contribution in [0.15, 0.2) is 6.07 Å². The highest BCUT2D eigenvalue weighted by atomic mass is 35.5. The second-order valence-electron chi connectivity index (χ2n) is 3.54. The Morgan fingerprint density at radius 1 is 1.50 bits per heavy atom. The summed E-state index contributed by atoms with van der Waals surface area (Å²) in [7, 11) is 0. The monoisotopic (exact) mass is 273 g/mol. The number of aliphatic hydroxyl groups excluding tert-OH is 1. The summed E-state index contributed by atoms with van der Waals surface area (Å²) in [5, 5.41) is 19.7. The zero-order valence-corrected chi connectivity index (χ0v) is 10.3. The zero-order chi connectivity index (χ0) is 13.7. The Hall–Kier alpha value is -1.73. The maximum atomic E-state index is 11.7. The van der Waals surface area contributed by atoms with Crippen LogP contribution in [0.1, 0.15) is 22.6 Å². The van der Waals surface area contributed by atoms with Crippen molar-refractivity contribution in [2.75, 3.05) is 6.61 Å². The van der Waals surface area contributed by atoms with Crippen molar-refractivity contribution in [3.63, 3.8) is 0 Å². The van der Waals surface area contributed by atoms with Gasteiger partial charge in [0.15, 0.2) is 0 Å². The van der Waals surface area contributed by atoms with Crippen molar-refractivity contribution in [1.82, 2.24) is 15.3 Å². The number of carbonyl (C=O) groups excluding carboxylic acids is 1. The molecule has 1 aromatic rings. The highest BCUT2D eigenvalue weighted by Gasteiger charge is 2.21. The number of hydrogen-bond acceptors (Lipinski definition) is 5. The molecule has 0 bridgehead atoms. The van der Waals surface area contributed by atoms with Gasteiger partial charge in [0.25, 0.3) is 5.91 Å². The number of nitrogens with zero attached hydrogens (tertiary/aromatic N) is 2. The van der Waals surface area contributed by atoms with E-state index in [1.165, 1.54) is 6.07 Å². The quantitative estimate of drug-likeness (QED) is 0.651. The molecule has 0 aliphatic carbocycles. The fourth-order valence-corrected chi connectivity index (χ4v) is 1.49. The molecule has 1 amide bonds. The van der Waals surface area contributed by atoms with Crippen LogP contribution in [0.4, 0.5) is 0 Å². The standard InChI is InChI=1S/C10H12ClN3O4/c1-5-4-7(14-10(11)12-5)8(16)13-6(2-3-15)9(17)18/h4,6,15H,2-3H2,1H3,(H,13,16)(H,17,18)/t6-/m1/s1. The van der Waals surface area contributed by atoms with Gasteiger partial charge in [0.1, 0.15) is 11.7 Å². The average molecular weight is 274 g/mol. The number of aryl methyl sites for hydroxylation is 1. The minimum atomic E-state index is -1.23. The first-order chi connectivity index (χ1) is 8.43. The van der Waals surface area contributed by atoms with E-state index in [9.17, 15) is 9.59 Å². The molecular weight excluding hydrogens is 262 g/mol. The number of aromatic nitrogens is 2. The summed E-state index contributed by atoms with van der Waals surface area (Å²) in [5.74, 6) is -1.91. The van der Waals surface area contributed by atoms with Crippen molar-refractivity contribution in [3.8, 4) is 0 Å². The lowest BCUT2D eigenvalue weighted by Crippen LogP contribution is -2.41. The number of carboxylic acid groups (broad SMARTS) is 1. The fraction of sp³-hybridized carbons (Fsp3) is 0.400. The number of aliphatic hydroxyl groups is 1. The van der Waals surface area contributed by atoms with Gasteiger partial charge in [-0.3, -0.25) is 4.79 Å². The lowest BCUT2D eigenvalue weighted by molar-refractivity contribution is -0.139. The molecule has 18 heavy (non-hydrogen) atoms. The summed E-state index contributed by atoms with van der Waals surface area (Å²) in [5.41, 5.74) is 0.478. The Morgan fingerprint density at radius 3 is 2.67 bits per heavy atom. The van der Waals surface area contributed by atoms with Crippen molar-refractivity contribution in [2.45, 2.75) is 19.4 Å². The van der Waals surface area contributed by atoms with Crippen LogP contribution in [-0.2, 0) is 4.79 Å². The van der Waals surface area contributed by atoms with Crippen LogP contribution in [0.3, 0.4) is 0 Å². The average Bonchev–Trinajstić information content (AvgIpc) is 2.26. The lowest BCUT2D eigenvalue weighted by atomic mass is 10.2. The molecule has 0 unspecified atom stereocenters. The van der Waals surface area contributed by atoms with Crippen LogP contribution in [0.25, 0.3) is 0 Å². The molecule has 0 aliphatic heterocycles. The van der Waals surface area contributed by atoms with Crippen molar-refractivity contribution < 1.29 is 19.8 Å². The summed E-state index contributed by atoms with van der Waals surface area (Å²) in [6, 6.07) is 0.218. The maximum Gasteiger partial charge on any atom is 0.326 e. The molecule has 1 rings (SSSR count). The number of carboxylic acids is 1. The Labute approximate surface area is 108 Å². The van der Waals surface area contributed by atoms with Gasteiger partial charge in [-0.2, -0.15) is 0 Å². The third-order valence-corrected chi connectivity index (χ3v) is 2.25. The normalized spacial score (nSPS) is 11.9. The summed E-state index contributed by atoms with van der Waals surface area (Å²) >= 11 is 5.60. The molecule has 3 N–H and O–H groups in total. The smallest absolute Gasteiger partial charge is 0.326 e. The molecular formula is C10H12ClN3O4. The molecule has 0 saturated heterocycles. The first kappa shape index (κ1) is 14.3. The van der Waals surface area contributed by atoms with Crippen LogP contribution in [-0.4, -0.2) is 44.7 Å². The summed E-state index contributed by atoms with van der Waals surface area (Å²) in [6.45, 7) is 1.29. The predicted molar refractivity (Wildman–Crippen MR) is 62.4 cm³/mol. The molecule has 8 heteroatoms. The van der Waals surface area contributed by atoms with E-state index in [0.29, 0.717) is 5.69 Å². The zero-order valence-electron chi connectivity index (χ0n) is 9.55. The molecule has 0 spiro atoms. The van der Waals surface area contributed by atoms with Crippen LogP contribution in [0.5, 0.6) is 0 Å². The van der Waals surface area contributed by atoms with Crippen LogP contribution >= 0.6 is 11.6 Å². The number of nitrogens with one attached hydrogen (secondary N) is 1. The van der Waals surface area contributed by atoms with Gasteiger partial charge < -0.3 is 15.5 Å². The van der Waals surface area contributed by atoms with Gasteiger partial charge in [-0.25, -0.2) is 14.8 Å². The Bertz CT molecular complexity index is 446. The Kier molecular flexibility index (Phi) is 4.99. The second kappa shape index (κ2) is 6.27. The molecule has 1 aromatic heterocycles. The number of amides is 1. The van der Waals surface area contributed by atoms with E-state index < -0.39 is 17.9 Å². The van der Waals surface area contributed by atoms with Crippen molar-refractivity contribution >= 4 is 23.5 Å². The molecule has 1 heterocycles. The van der Waals surface area contributed by atoms with Gasteiger partial charge in [-0.15, -0.1) is 0 Å². The molecule has 1 atom stereocenters. The molecule has 98 valence electrons. The van der Waals surface area contributed by atoms with E-state index in [1.54, 1.807) is 6.92 Å². The van der Waals surface area contributed by atoms with Gasteiger partial charge in [-0.05, 0) is 24.6 Å². The van der Waals surface area contributed by atoms with Crippen LogP contribution in [0, 0.1) is 6.92 Å². The number of rotatable bonds is 5. The highest BCUT2D eigenvalue weighted by molar-refractivity contribution is 6.28. The van der Waals surface area contributed by atoms with Crippen LogP contribution in [0.2, 0.25) is 5.28 Å². The van der Waals surface area contributed by atoms with Gasteiger partial charge in [-0.1, -0.05) is 0 Å². The Morgan fingerprint density at radius 2 is 2.17 bits per heavy atom. The van der Waals surface area contributed by atoms with E-state index in [0.717, 1.165) is 0 Å². The minimum absolute atomic E-state index is 0.0170. The van der Waals surface area contributed by atoms with E-state index in [-0.39, 0.29) is 24.0 Å². The topological polar surface area (TPSA) is 112 Å². The molecule has 0 aromatic carbocycles. The van der Waals surface area contributed by atoms with Crippen molar-refractivity contribution in [1.29, 1.82) is 0 Å². The third-order valence-electron chi connectivity index (χ3n) is 2.08. The largest absolute Gasteiger partial charge is 0.480 e. The molecule has 7 nitrogen and oxygen atoms in total. The maximum absolute atomic E-state index is 11.7. The molecule has 0 saturated carbocycles. The number of aliphatic carboxylic acids is 1. The lowest BCUT2D eigenvalue weighted by Gasteiger charge is -2.12. The summed E-state index contributed by atoms with van der Waals surface area (Å²) < 4.78 is 0. The highest BCUT2D eigenvalue weighted by Crippen LogP contribution is 2.06. The SMILES string of the molecule is Cc1cc(C(=O)N[C@H](CCO)C(=O)O)nc(Cl)n1. The number of carbonyl (C=O) groups is 2. The third kappa shape index (κ3) is 3.94. The second-order valence-corrected chi connectivity index (χ2v) is 3.88. The summed E-state index contributed by atoms with van der Waals surface area (Å²) in [6.07, 6.45) is -0.0845.